The van der Waals surface area contributed by atoms with Crippen LogP contribution >= 0.6 is 0 Å². The highest BCUT2D eigenvalue weighted by Crippen LogP contribution is 2.31. The maximum atomic E-state index is 5.91. The molecule has 6 nitrogen and oxygen atoms in total. The Bertz CT molecular complexity index is 495. The Labute approximate surface area is 126 Å². The fraction of sp³-hybridized carbons (Fsp3) is 0.800. The van der Waals surface area contributed by atoms with Crippen LogP contribution in [0.25, 0.3) is 0 Å². The summed E-state index contributed by atoms with van der Waals surface area (Å²) in [6, 6.07) is 0. The average molecular weight is 290 g/mol. The topological polar surface area (TPSA) is 71.2 Å². The van der Waals surface area contributed by atoms with E-state index in [1.54, 1.807) is 0 Å². The van der Waals surface area contributed by atoms with Crippen LogP contribution in [0.3, 0.4) is 0 Å². The van der Waals surface area contributed by atoms with Crippen LogP contribution < -0.4 is 15.5 Å². The van der Waals surface area contributed by atoms with Crippen molar-refractivity contribution in [1.29, 1.82) is 0 Å². The molecule has 1 aromatic rings. The second-order valence-corrected chi connectivity index (χ2v) is 6.99. The lowest BCUT2D eigenvalue weighted by Crippen LogP contribution is -2.29. The van der Waals surface area contributed by atoms with E-state index in [2.05, 4.69) is 38.6 Å². The van der Waals surface area contributed by atoms with E-state index in [9.17, 15) is 0 Å². The first-order chi connectivity index (χ1) is 10.0. The summed E-state index contributed by atoms with van der Waals surface area (Å²) >= 11 is 0. The van der Waals surface area contributed by atoms with Gasteiger partial charge in [-0.05, 0) is 37.5 Å². The van der Waals surface area contributed by atoms with E-state index in [0.29, 0.717) is 11.4 Å². The quantitative estimate of drug-likeness (QED) is 0.899. The Balaban J connectivity index is 1.81. The van der Waals surface area contributed by atoms with Gasteiger partial charge < -0.3 is 15.5 Å². The van der Waals surface area contributed by atoms with E-state index in [1.807, 2.05) is 0 Å². The van der Waals surface area contributed by atoms with E-state index in [4.69, 9.17) is 5.73 Å². The van der Waals surface area contributed by atoms with Crippen LogP contribution in [0.5, 0.6) is 0 Å². The van der Waals surface area contributed by atoms with Gasteiger partial charge in [0.25, 0.3) is 0 Å². The third kappa shape index (κ3) is 3.36. The van der Waals surface area contributed by atoms with Crippen molar-refractivity contribution in [2.45, 2.75) is 46.0 Å². The molecular weight excluding hydrogens is 264 g/mol. The summed E-state index contributed by atoms with van der Waals surface area (Å²) in [7, 11) is 0. The number of nitrogens with zero attached hydrogens (tertiary/aromatic N) is 5. The lowest BCUT2D eigenvalue weighted by atomic mass is 9.85. The van der Waals surface area contributed by atoms with Gasteiger partial charge in [0, 0.05) is 26.2 Å². The molecule has 3 heterocycles. The second kappa shape index (κ2) is 5.66. The minimum absolute atomic E-state index is 0.338. The maximum absolute atomic E-state index is 5.91. The molecule has 2 fully saturated rings. The Hall–Kier alpha value is -1.59. The number of nitrogen functional groups attached to an aromatic ring is 1. The second-order valence-electron chi connectivity index (χ2n) is 6.99. The van der Waals surface area contributed by atoms with E-state index in [0.717, 1.165) is 44.5 Å². The van der Waals surface area contributed by atoms with Gasteiger partial charge in [0.1, 0.15) is 0 Å². The monoisotopic (exact) mass is 290 g/mol. The van der Waals surface area contributed by atoms with E-state index >= 15 is 0 Å². The van der Waals surface area contributed by atoms with Crippen LogP contribution in [0.15, 0.2) is 0 Å². The average Bonchev–Trinajstić information content (AvgIpc) is 2.89. The number of rotatable bonds is 2. The fourth-order valence-electron chi connectivity index (χ4n) is 3.19. The van der Waals surface area contributed by atoms with Gasteiger partial charge in [-0.2, -0.15) is 15.0 Å². The molecule has 0 aliphatic carbocycles. The standard InChI is InChI=1S/C15H26N6/c1-15(2)6-5-10-21(11-7-15)14-18-12(16)17-13(19-14)20-8-3-4-9-20/h3-11H2,1-2H3,(H2,16,17,18,19). The summed E-state index contributed by atoms with van der Waals surface area (Å²) in [4.78, 5) is 17.9. The number of anilines is 3. The van der Waals surface area contributed by atoms with E-state index in [-0.39, 0.29) is 0 Å². The smallest absolute Gasteiger partial charge is 0.231 e. The Morgan fingerprint density at radius 3 is 2.05 bits per heavy atom. The fourth-order valence-corrected chi connectivity index (χ4v) is 3.19. The summed E-state index contributed by atoms with van der Waals surface area (Å²) < 4.78 is 0. The molecule has 0 radical (unpaired) electrons. The Morgan fingerprint density at radius 2 is 1.38 bits per heavy atom. The van der Waals surface area contributed by atoms with Gasteiger partial charge in [-0.15, -0.1) is 0 Å². The highest BCUT2D eigenvalue weighted by atomic mass is 15.4. The van der Waals surface area contributed by atoms with Crippen LogP contribution in [0.4, 0.5) is 17.8 Å². The molecule has 0 unspecified atom stereocenters. The van der Waals surface area contributed by atoms with Gasteiger partial charge in [-0.25, -0.2) is 0 Å². The normalized spacial score (nSPS) is 22.4. The van der Waals surface area contributed by atoms with Gasteiger partial charge in [0.15, 0.2) is 0 Å². The summed E-state index contributed by atoms with van der Waals surface area (Å²) in [6.07, 6.45) is 6.01. The zero-order chi connectivity index (χ0) is 14.9. The third-order valence-corrected chi connectivity index (χ3v) is 4.64. The molecule has 1 aromatic heterocycles. The van der Waals surface area contributed by atoms with Crippen molar-refractivity contribution in [1.82, 2.24) is 15.0 Å². The van der Waals surface area contributed by atoms with Crippen LogP contribution in [0, 0.1) is 5.41 Å². The molecule has 2 N–H and O–H groups in total. The first-order valence-corrected chi connectivity index (χ1v) is 8.05. The number of hydrogen-bond donors (Lipinski definition) is 1. The first kappa shape index (κ1) is 14.4. The molecule has 3 rings (SSSR count). The van der Waals surface area contributed by atoms with Crippen LogP contribution in [-0.4, -0.2) is 41.1 Å². The largest absolute Gasteiger partial charge is 0.368 e. The molecular formula is C15H26N6. The molecule has 2 saturated heterocycles. The molecule has 2 aliphatic heterocycles. The van der Waals surface area contributed by atoms with Crippen LogP contribution in [0.1, 0.15) is 46.0 Å². The number of hydrogen-bond acceptors (Lipinski definition) is 6. The van der Waals surface area contributed by atoms with Gasteiger partial charge in [0.2, 0.25) is 17.8 Å². The van der Waals surface area contributed by atoms with Crippen molar-refractivity contribution in [3.8, 4) is 0 Å². The predicted octanol–water partition coefficient (Wildman–Crippen LogP) is 2.07. The lowest BCUT2D eigenvalue weighted by Gasteiger charge is -2.24. The van der Waals surface area contributed by atoms with Crippen molar-refractivity contribution in [2.24, 2.45) is 5.41 Å². The molecule has 2 aliphatic rings. The summed E-state index contributed by atoms with van der Waals surface area (Å²) in [5.74, 6) is 1.84. The minimum atomic E-state index is 0.338. The highest BCUT2D eigenvalue weighted by molar-refractivity contribution is 5.44. The van der Waals surface area contributed by atoms with E-state index in [1.165, 1.54) is 25.7 Å². The van der Waals surface area contributed by atoms with Gasteiger partial charge >= 0.3 is 0 Å². The summed E-state index contributed by atoms with van der Waals surface area (Å²) in [6.45, 7) is 8.73. The molecule has 21 heavy (non-hydrogen) atoms. The molecule has 116 valence electrons. The lowest BCUT2D eigenvalue weighted by molar-refractivity contribution is 0.325. The molecule has 0 spiro atoms. The summed E-state index contributed by atoms with van der Waals surface area (Å²) in [5, 5.41) is 0. The molecule has 0 amide bonds. The SMILES string of the molecule is CC1(C)CCCN(c2nc(N)nc(N3CCCC3)n2)CC1. The third-order valence-electron chi connectivity index (χ3n) is 4.64. The maximum Gasteiger partial charge on any atom is 0.231 e. The highest BCUT2D eigenvalue weighted by Gasteiger charge is 2.25. The Morgan fingerprint density at radius 1 is 0.810 bits per heavy atom. The zero-order valence-corrected chi connectivity index (χ0v) is 13.2. The Kier molecular flexibility index (Phi) is 3.87. The molecule has 0 aromatic carbocycles. The molecule has 0 bridgehead atoms. The first-order valence-electron chi connectivity index (χ1n) is 8.05. The molecule has 6 heteroatoms. The van der Waals surface area contributed by atoms with Crippen LogP contribution in [-0.2, 0) is 0 Å². The van der Waals surface area contributed by atoms with Crippen molar-refractivity contribution >= 4 is 17.8 Å². The number of nitrogens with two attached hydrogens (primary N) is 1. The number of aromatic nitrogens is 3. The predicted molar refractivity (Wildman–Crippen MR) is 85.5 cm³/mol. The van der Waals surface area contributed by atoms with Gasteiger partial charge in [-0.1, -0.05) is 13.8 Å². The minimum Gasteiger partial charge on any atom is -0.368 e. The van der Waals surface area contributed by atoms with Crippen molar-refractivity contribution < 1.29 is 0 Å². The van der Waals surface area contributed by atoms with Gasteiger partial charge in [0.05, 0.1) is 0 Å². The molecule has 0 atom stereocenters. The van der Waals surface area contributed by atoms with Crippen molar-refractivity contribution in [3.05, 3.63) is 0 Å². The van der Waals surface area contributed by atoms with Gasteiger partial charge in [-0.3, -0.25) is 0 Å². The zero-order valence-electron chi connectivity index (χ0n) is 13.2. The van der Waals surface area contributed by atoms with Crippen LogP contribution in [0.2, 0.25) is 0 Å². The summed E-state index contributed by atoms with van der Waals surface area (Å²) in [5.41, 5.74) is 6.32. The van der Waals surface area contributed by atoms with Crippen molar-refractivity contribution in [2.75, 3.05) is 41.7 Å². The molecule has 0 saturated carbocycles. The van der Waals surface area contributed by atoms with E-state index < -0.39 is 0 Å². The van der Waals surface area contributed by atoms with Crippen molar-refractivity contribution in [3.63, 3.8) is 0 Å².